The van der Waals surface area contributed by atoms with E-state index in [2.05, 4.69) is 24.5 Å². The molecule has 1 amide bonds. The summed E-state index contributed by atoms with van der Waals surface area (Å²) >= 11 is 6.20. The molecule has 2 N–H and O–H groups in total. The molecule has 0 bridgehead atoms. The first kappa shape index (κ1) is 25.9. The van der Waals surface area contributed by atoms with Gasteiger partial charge in [-0.1, -0.05) is 18.5 Å². The highest BCUT2D eigenvalue weighted by Crippen LogP contribution is 2.32. The third-order valence-corrected chi connectivity index (χ3v) is 6.95. The summed E-state index contributed by atoms with van der Waals surface area (Å²) in [6.07, 6.45) is 4.29. The number of esters is 1. The van der Waals surface area contributed by atoms with Gasteiger partial charge in [-0.05, 0) is 86.9 Å². The predicted molar refractivity (Wildman–Crippen MR) is 136 cm³/mol. The van der Waals surface area contributed by atoms with Crippen LogP contribution in [0.25, 0.3) is 0 Å². The Morgan fingerprint density at radius 1 is 1.09 bits per heavy atom. The molecule has 1 aliphatic carbocycles. The van der Waals surface area contributed by atoms with E-state index in [1.54, 1.807) is 7.11 Å². The van der Waals surface area contributed by atoms with Gasteiger partial charge in [-0.25, -0.2) is 0 Å². The van der Waals surface area contributed by atoms with E-state index in [0.717, 1.165) is 54.7 Å². The second kappa shape index (κ2) is 12.1. The van der Waals surface area contributed by atoms with Gasteiger partial charge >= 0.3 is 5.97 Å². The second-order valence-electron chi connectivity index (χ2n) is 8.93. The molecule has 0 heterocycles. The van der Waals surface area contributed by atoms with E-state index in [1.165, 1.54) is 7.11 Å². The molecule has 184 valence electrons. The number of methoxy groups -OCH3 is 2. The molecule has 0 spiro atoms. The van der Waals surface area contributed by atoms with Crippen molar-refractivity contribution < 1.29 is 19.1 Å². The zero-order chi connectivity index (χ0) is 24.7. The van der Waals surface area contributed by atoms with Crippen LogP contribution in [-0.2, 0) is 16.0 Å². The first-order chi connectivity index (χ1) is 16.4. The molecule has 34 heavy (non-hydrogen) atoms. The lowest BCUT2D eigenvalue weighted by Crippen LogP contribution is -2.32. The van der Waals surface area contributed by atoms with Crippen LogP contribution < -0.4 is 15.4 Å². The molecule has 0 aliphatic heterocycles. The van der Waals surface area contributed by atoms with Crippen molar-refractivity contribution in [3.63, 3.8) is 0 Å². The smallest absolute Gasteiger partial charge is 0.308 e. The fourth-order valence-corrected chi connectivity index (χ4v) is 4.81. The van der Waals surface area contributed by atoms with Crippen molar-refractivity contribution in [2.75, 3.05) is 26.1 Å². The monoisotopic (exact) mass is 486 g/mol. The maximum absolute atomic E-state index is 12.8. The molecular formula is C27H35ClN2O4. The zero-order valence-corrected chi connectivity index (χ0v) is 21.2. The molecule has 7 heteroatoms. The van der Waals surface area contributed by atoms with E-state index in [-0.39, 0.29) is 23.8 Å². The lowest BCUT2D eigenvalue weighted by atomic mass is 9.82. The van der Waals surface area contributed by atoms with Crippen molar-refractivity contribution in [2.45, 2.75) is 52.0 Å². The lowest BCUT2D eigenvalue weighted by molar-refractivity contribution is -0.146. The predicted octanol–water partition coefficient (Wildman–Crippen LogP) is 5.79. The van der Waals surface area contributed by atoms with Crippen LogP contribution in [0, 0.1) is 11.8 Å². The molecule has 2 aromatic carbocycles. The Hall–Kier alpha value is -2.73. The molecule has 1 atom stereocenters. The van der Waals surface area contributed by atoms with Crippen LogP contribution in [0.5, 0.6) is 5.75 Å². The number of rotatable bonds is 9. The number of carbonyl (C=O) groups is 2. The number of halogens is 1. The van der Waals surface area contributed by atoms with E-state index in [1.807, 2.05) is 36.4 Å². The lowest BCUT2D eigenvalue weighted by Gasteiger charge is -2.27. The maximum atomic E-state index is 12.8. The molecule has 1 aliphatic rings. The summed E-state index contributed by atoms with van der Waals surface area (Å²) in [6, 6.07) is 11.3. The molecule has 0 radical (unpaired) electrons. The second-order valence-corrected chi connectivity index (χ2v) is 9.37. The van der Waals surface area contributed by atoms with Crippen molar-refractivity contribution in [3.8, 4) is 5.75 Å². The van der Waals surface area contributed by atoms with Gasteiger partial charge in [0, 0.05) is 28.4 Å². The quantitative estimate of drug-likeness (QED) is 0.438. The Bertz CT molecular complexity index is 1000. The summed E-state index contributed by atoms with van der Waals surface area (Å²) in [4.78, 5) is 24.5. The number of amides is 1. The minimum absolute atomic E-state index is 0.00150. The Kier molecular flexibility index (Phi) is 9.22. The van der Waals surface area contributed by atoms with Crippen LogP contribution in [0.1, 0.15) is 67.1 Å². The summed E-state index contributed by atoms with van der Waals surface area (Å²) in [5, 5.41) is 7.28. The van der Waals surface area contributed by atoms with E-state index < -0.39 is 0 Å². The number of ether oxygens (including phenoxy) is 2. The van der Waals surface area contributed by atoms with Crippen LogP contribution in [0.2, 0.25) is 5.02 Å². The molecule has 0 aromatic heterocycles. The molecule has 2 aromatic rings. The van der Waals surface area contributed by atoms with Crippen LogP contribution >= 0.6 is 11.6 Å². The summed E-state index contributed by atoms with van der Waals surface area (Å²) in [5.41, 5.74) is 3.67. The van der Waals surface area contributed by atoms with E-state index in [0.29, 0.717) is 23.0 Å². The van der Waals surface area contributed by atoms with Gasteiger partial charge in [0.05, 0.1) is 26.2 Å². The van der Waals surface area contributed by atoms with Gasteiger partial charge in [-0.2, -0.15) is 0 Å². The average Bonchev–Trinajstić information content (AvgIpc) is 2.87. The fourth-order valence-electron chi connectivity index (χ4n) is 4.63. The topological polar surface area (TPSA) is 76.7 Å². The van der Waals surface area contributed by atoms with Gasteiger partial charge in [0.1, 0.15) is 5.75 Å². The third kappa shape index (κ3) is 6.44. The first-order valence-corrected chi connectivity index (χ1v) is 12.3. The molecule has 1 unspecified atom stereocenters. The number of hydrogen-bond donors (Lipinski definition) is 2. The number of anilines is 1. The van der Waals surface area contributed by atoms with Gasteiger partial charge < -0.3 is 20.1 Å². The Morgan fingerprint density at radius 3 is 2.47 bits per heavy atom. The largest absolute Gasteiger partial charge is 0.496 e. The number of aryl methyl sites for hydroxylation is 1. The number of benzene rings is 2. The minimum Gasteiger partial charge on any atom is -0.496 e. The van der Waals surface area contributed by atoms with Crippen LogP contribution in [0.3, 0.4) is 0 Å². The van der Waals surface area contributed by atoms with Crippen LogP contribution in [0.15, 0.2) is 36.4 Å². The van der Waals surface area contributed by atoms with Crippen molar-refractivity contribution in [1.29, 1.82) is 0 Å². The number of hydrogen-bond acceptors (Lipinski definition) is 5. The van der Waals surface area contributed by atoms with Crippen molar-refractivity contribution in [2.24, 2.45) is 11.8 Å². The molecule has 1 saturated carbocycles. The Balaban J connectivity index is 1.61. The van der Waals surface area contributed by atoms with Crippen molar-refractivity contribution in [1.82, 2.24) is 5.32 Å². The SMILES string of the molecule is CCc1cc(C(=O)NC[C@H]2CC[C@H](C(=O)OC)CC2)ccc1NC(C)c1cc(Cl)ccc1OC. The summed E-state index contributed by atoms with van der Waals surface area (Å²) in [7, 11) is 3.09. The highest BCUT2D eigenvalue weighted by atomic mass is 35.5. The number of nitrogens with one attached hydrogen (secondary N) is 2. The van der Waals surface area contributed by atoms with E-state index >= 15 is 0 Å². The summed E-state index contributed by atoms with van der Waals surface area (Å²) in [5.74, 6) is 0.981. The highest BCUT2D eigenvalue weighted by molar-refractivity contribution is 6.30. The maximum Gasteiger partial charge on any atom is 0.308 e. The van der Waals surface area contributed by atoms with Gasteiger partial charge in [0.15, 0.2) is 0 Å². The summed E-state index contributed by atoms with van der Waals surface area (Å²) < 4.78 is 10.3. The molecule has 3 rings (SSSR count). The first-order valence-electron chi connectivity index (χ1n) is 11.9. The van der Waals surface area contributed by atoms with Crippen LogP contribution in [-0.4, -0.2) is 32.6 Å². The van der Waals surface area contributed by atoms with E-state index in [4.69, 9.17) is 21.1 Å². The van der Waals surface area contributed by atoms with E-state index in [9.17, 15) is 9.59 Å². The van der Waals surface area contributed by atoms with Crippen LogP contribution in [0.4, 0.5) is 5.69 Å². The summed E-state index contributed by atoms with van der Waals surface area (Å²) in [6.45, 7) is 4.76. The standard InChI is InChI=1S/C27H35ClN2O4/c1-5-19-14-21(26(31)29-16-18-6-8-20(9-7-18)27(32)34-4)10-12-24(19)30-17(2)23-15-22(28)11-13-25(23)33-3/h10-15,17-18,20,30H,5-9,16H2,1-4H3,(H,29,31)/t17?,18-,20-. The molecule has 1 fully saturated rings. The fraction of sp³-hybridized carbons (Fsp3) is 0.481. The van der Waals surface area contributed by atoms with Gasteiger partial charge in [0.25, 0.3) is 5.91 Å². The highest BCUT2D eigenvalue weighted by Gasteiger charge is 2.27. The Morgan fingerprint density at radius 2 is 1.82 bits per heavy atom. The van der Waals surface area contributed by atoms with Gasteiger partial charge in [-0.3, -0.25) is 9.59 Å². The van der Waals surface area contributed by atoms with Gasteiger partial charge in [0.2, 0.25) is 0 Å². The zero-order valence-electron chi connectivity index (χ0n) is 20.4. The Labute approximate surface area is 207 Å². The van der Waals surface area contributed by atoms with Gasteiger partial charge in [-0.15, -0.1) is 0 Å². The number of carbonyl (C=O) groups excluding carboxylic acids is 2. The molecule has 0 saturated heterocycles. The van der Waals surface area contributed by atoms with Crippen molar-refractivity contribution >= 4 is 29.2 Å². The van der Waals surface area contributed by atoms with Crippen molar-refractivity contribution in [3.05, 3.63) is 58.1 Å². The molecular weight excluding hydrogens is 452 g/mol. The minimum atomic E-state index is -0.119. The molecule has 6 nitrogen and oxygen atoms in total. The normalized spacial score (nSPS) is 18.6. The third-order valence-electron chi connectivity index (χ3n) is 6.71. The average molecular weight is 487 g/mol.